The first-order valence-electron chi connectivity index (χ1n) is 2.40. The van der Waals surface area contributed by atoms with Crippen LogP contribution in [0.4, 0.5) is 0 Å². The van der Waals surface area contributed by atoms with Crippen molar-refractivity contribution in [1.82, 2.24) is 0 Å². The third kappa shape index (κ3) is 2.29. The molecule has 0 aliphatic carbocycles. The van der Waals surface area contributed by atoms with Crippen LogP contribution in [-0.4, -0.2) is 8.80 Å². The molecule has 0 amide bonds. The van der Waals surface area contributed by atoms with Gasteiger partial charge in [0.05, 0.1) is 0 Å². The van der Waals surface area contributed by atoms with Crippen molar-refractivity contribution in [3.8, 4) is 23.9 Å². The van der Waals surface area contributed by atoms with Crippen LogP contribution in [0.2, 0.25) is 0 Å². The molecule has 0 radical (unpaired) electrons. The van der Waals surface area contributed by atoms with Gasteiger partial charge in [-0.2, -0.15) is 0 Å². The summed E-state index contributed by atoms with van der Waals surface area (Å²) in [6.45, 7) is 1.93. The fourth-order valence-corrected chi connectivity index (χ4v) is 1.06. The third-order valence-electron chi connectivity index (χ3n) is 0.744. The van der Waals surface area contributed by atoms with E-state index in [4.69, 9.17) is 12.8 Å². The van der Waals surface area contributed by atoms with Gasteiger partial charge in [0, 0.05) is 0 Å². The highest BCUT2D eigenvalue weighted by atomic mass is 28.3. The maximum Gasteiger partial charge on any atom is 0.223 e. The largest absolute Gasteiger partial charge is 0.223 e. The predicted molar refractivity (Wildman–Crippen MR) is 39.6 cm³/mol. The van der Waals surface area contributed by atoms with Crippen molar-refractivity contribution in [1.29, 1.82) is 0 Å². The normalized spacial score (nSPS) is 9.00. The Balaban J connectivity index is 3.82. The van der Waals surface area contributed by atoms with Crippen LogP contribution in [0.3, 0.4) is 0 Å². The van der Waals surface area contributed by atoms with Gasteiger partial charge in [0.2, 0.25) is 8.80 Å². The maximum atomic E-state index is 5.09. The Labute approximate surface area is 52.2 Å². The quantitative estimate of drug-likeness (QED) is 0.352. The fourth-order valence-electron chi connectivity index (χ4n) is 0.352. The minimum absolute atomic E-state index is 1.32. The molecule has 0 aliphatic heterocycles. The van der Waals surface area contributed by atoms with E-state index in [1.807, 2.05) is 18.7 Å². The first kappa shape index (κ1) is 7.08. The van der Waals surface area contributed by atoms with E-state index in [0.29, 0.717) is 0 Å². The van der Waals surface area contributed by atoms with E-state index >= 15 is 0 Å². The highest BCUT2D eigenvalue weighted by molar-refractivity contribution is 6.79. The summed E-state index contributed by atoms with van der Waals surface area (Å²) in [7, 11) is -1.32. The SMILES string of the molecule is C#C[SiH](C#C)C=CC. The summed E-state index contributed by atoms with van der Waals surface area (Å²) in [5.41, 5.74) is 7.08. The van der Waals surface area contributed by atoms with Gasteiger partial charge < -0.3 is 0 Å². The highest BCUT2D eigenvalue weighted by Crippen LogP contribution is 1.78. The van der Waals surface area contributed by atoms with Crippen LogP contribution in [0.15, 0.2) is 11.8 Å². The minimum atomic E-state index is -1.32. The van der Waals surface area contributed by atoms with Crippen LogP contribution in [0.1, 0.15) is 6.92 Å². The third-order valence-corrected chi connectivity index (χ3v) is 2.23. The molecule has 40 valence electrons. The second-order valence-corrected chi connectivity index (χ2v) is 3.34. The van der Waals surface area contributed by atoms with Gasteiger partial charge in [-0.1, -0.05) is 11.8 Å². The average molecular weight is 120 g/mol. The van der Waals surface area contributed by atoms with Crippen LogP contribution in [0, 0.1) is 23.9 Å². The molecule has 0 aromatic carbocycles. The van der Waals surface area contributed by atoms with E-state index in [1.165, 1.54) is 0 Å². The molecule has 0 spiro atoms. The van der Waals surface area contributed by atoms with Gasteiger partial charge in [0.15, 0.2) is 0 Å². The summed E-state index contributed by atoms with van der Waals surface area (Å²) >= 11 is 0. The van der Waals surface area contributed by atoms with Gasteiger partial charge in [-0.05, 0) is 6.92 Å². The summed E-state index contributed by atoms with van der Waals surface area (Å²) in [6, 6.07) is 0. The van der Waals surface area contributed by atoms with Crippen LogP contribution in [0.25, 0.3) is 0 Å². The van der Waals surface area contributed by atoms with Crippen molar-refractivity contribution < 1.29 is 0 Å². The molecule has 0 saturated carbocycles. The molecule has 0 aromatic heterocycles. The summed E-state index contributed by atoms with van der Waals surface area (Å²) in [5.74, 6) is 0. The lowest BCUT2D eigenvalue weighted by Crippen LogP contribution is -2.00. The smallest absolute Gasteiger partial charge is 0.126 e. The maximum absolute atomic E-state index is 5.09. The number of hydrogen-bond donors (Lipinski definition) is 0. The molecule has 0 aromatic rings. The molecule has 0 nitrogen and oxygen atoms in total. The van der Waals surface area contributed by atoms with Crippen molar-refractivity contribution in [3.05, 3.63) is 11.8 Å². The van der Waals surface area contributed by atoms with Gasteiger partial charge in [0.1, 0.15) is 0 Å². The molecule has 0 aliphatic rings. The monoisotopic (exact) mass is 120 g/mol. The van der Waals surface area contributed by atoms with E-state index in [-0.39, 0.29) is 0 Å². The molecular weight excluding hydrogens is 112 g/mol. The van der Waals surface area contributed by atoms with Gasteiger partial charge in [-0.25, -0.2) is 0 Å². The lowest BCUT2D eigenvalue weighted by atomic mass is 10.8. The Morgan fingerprint density at radius 2 is 1.88 bits per heavy atom. The molecule has 0 N–H and O–H groups in total. The minimum Gasteiger partial charge on any atom is -0.126 e. The van der Waals surface area contributed by atoms with E-state index < -0.39 is 8.80 Å². The average Bonchev–Trinajstić information content (AvgIpc) is 1.83. The predicted octanol–water partition coefficient (Wildman–Crippen LogP) is 0.674. The topological polar surface area (TPSA) is 0 Å². The van der Waals surface area contributed by atoms with Gasteiger partial charge in [-0.15, -0.1) is 23.9 Å². The van der Waals surface area contributed by atoms with E-state index in [2.05, 4.69) is 11.1 Å². The molecule has 0 rings (SSSR count). The standard InChI is InChI=1S/C7H8Si/c1-4-7-8(5-2)6-3/h2-4,7-8H,1H3. The van der Waals surface area contributed by atoms with Crippen LogP contribution in [0.5, 0.6) is 0 Å². The lowest BCUT2D eigenvalue weighted by molar-refractivity contribution is 1.78. The molecule has 0 fully saturated rings. The summed E-state index contributed by atoms with van der Waals surface area (Å²) in [6.07, 6.45) is 12.1. The van der Waals surface area contributed by atoms with Crippen molar-refractivity contribution >= 4 is 8.80 Å². The molecule has 1 heteroatoms. The first-order valence-corrected chi connectivity index (χ1v) is 4.22. The van der Waals surface area contributed by atoms with Crippen LogP contribution >= 0.6 is 0 Å². The van der Waals surface area contributed by atoms with E-state index in [0.717, 1.165) is 0 Å². The summed E-state index contributed by atoms with van der Waals surface area (Å²) < 4.78 is 0. The number of hydrogen-bond acceptors (Lipinski definition) is 0. The van der Waals surface area contributed by atoms with Crippen molar-refractivity contribution in [3.63, 3.8) is 0 Å². The second-order valence-electron chi connectivity index (χ2n) is 1.34. The van der Waals surface area contributed by atoms with Crippen LogP contribution < -0.4 is 0 Å². The van der Waals surface area contributed by atoms with E-state index in [1.54, 1.807) is 0 Å². The number of rotatable bonds is 1. The van der Waals surface area contributed by atoms with Crippen molar-refractivity contribution in [2.45, 2.75) is 6.92 Å². The fraction of sp³-hybridized carbons (Fsp3) is 0.143. The molecular formula is C7H8Si. The summed E-state index contributed by atoms with van der Waals surface area (Å²) in [5, 5.41) is 0. The van der Waals surface area contributed by atoms with Gasteiger partial charge in [-0.3, -0.25) is 0 Å². The Kier molecular flexibility index (Phi) is 3.75. The first-order chi connectivity index (χ1) is 3.85. The zero-order valence-corrected chi connectivity index (χ0v) is 6.04. The Morgan fingerprint density at radius 3 is 2.00 bits per heavy atom. The van der Waals surface area contributed by atoms with Gasteiger partial charge in [0.25, 0.3) is 0 Å². The number of allylic oxidation sites excluding steroid dienone is 1. The zero-order chi connectivity index (χ0) is 6.41. The van der Waals surface area contributed by atoms with Crippen molar-refractivity contribution in [2.24, 2.45) is 0 Å². The van der Waals surface area contributed by atoms with Gasteiger partial charge >= 0.3 is 0 Å². The highest BCUT2D eigenvalue weighted by Gasteiger charge is 1.91. The summed E-state index contributed by atoms with van der Waals surface area (Å²) in [4.78, 5) is 0. The van der Waals surface area contributed by atoms with Crippen molar-refractivity contribution in [2.75, 3.05) is 0 Å². The number of terminal acetylenes is 2. The lowest BCUT2D eigenvalue weighted by Gasteiger charge is -1.84. The van der Waals surface area contributed by atoms with Crippen LogP contribution in [-0.2, 0) is 0 Å². The Hall–Kier alpha value is -0.923. The zero-order valence-electron chi connectivity index (χ0n) is 4.89. The second kappa shape index (κ2) is 4.24. The molecule has 0 saturated heterocycles. The molecule has 0 unspecified atom stereocenters. The molecule has 0 atom stereocenters. The Bertz CT molecular complexity index is 140. The molecule has 0 heterocycles. The van der Waals surface area contributed by atoms with E-state index in [9.17, 15) is 0 Å². The molecule has 0 bridgehead atoms. The Morgan fingerprint density at radius 1 is 1.38 bits per heavy atom. The molecule has 8 heavy (non-hydrogen) atoms.